The Kier molecular flexibility index (Phi) is 8.34. The van der Waals surface area contributed by atoms with Crippen LogP contribution >= 0.6 is 11.8 Å². The molecule has 0 fully saturated rings. The first-order valence-corrected chi connectivity index (χ1v) is 11.0. The van der Waals surface area contributed by atoms with Crippen molar-refractivity contribution in [1.82, 2.24) is 0 Å². The van der Waals surface area contributed by atoms with Gasteiger partial charge in [0.25, 0.3) is 0 Å². The predicted molar refractivity (Wildman–Crippen MR) is 128 cm³/mol. The number of ketones is 2. The average molecular weight is 456 g/mol. The summed E-state index contributed by atoms with van der Waals surface area (Å²) in [4.78, 5) is 42.8. The van der Waals surface area contributed by atoms with E-state index in [1.165, 1.54) is 18.7 Å². The third-order valence-electron chi connectivity index (χ3n) is 4.56. The van der Waals surface area contributed by atoms with Gasteiger partial charge in [0, 0.05) is 46.2 Å². The van der Waals surface area contributed by atoms with Crippen molar-refractivity contribution >= 4 is 35.0 Å². The second-order valence-electron chi connectivity index (χ2n) is 7.00. The molecule has 0 bridgehead atoms. The van der Waals surface area contributed by atoms with E-state index >= 15 is 0 Å². The normalized spacial score (nSPS) is 10.8. The van der Waals surface area contributed by atoms with Crippen LogP contribution in [0.1, 0.15) is 46.0 Å². The first kappa shape index (κ1) is 23.7. The van der Waals surface area contributed by atoms with Crippen molar-refractivity contribution in [1.29, 1.82) is 0 Å². The lowest BCUT2D eigenvalue weighted by Gasteiger charge is -2.06. The minimum absolute atomic E-state index is 0.0222. The van der Waals surface area contributed by atoms with Gasteiger partial charge in [-0.05, 0) is 48.5 Å². The summed E-state index contributed by atoms with van der Waals surface area (Å²) in [6, 6.07) is 23.6. The highest BCUT2D eigenvalue weighted by Gasteiger charge is 2.15. The molecule has 0 N–H and O–H groups in total. The highest BCUT2D eigenvalue weighted by atomic mass is 32.2. The molecule has 0 saturated heterocycles. The van der Waals surface area contributed by atoms with Gasteiger partial charge in [0.05, 0.1) is 0 Å². The van der Waals surface area contributed by atoms with Crippen LogP contribution in [0.4, 0.5) is 0 Å². The number of carbonyl (C=O) groups is 3. The quantitative estimate of drug-likeness (QED) is 0.138. The maximum absolute atomic E-state index is 12.7. The van der Waals surface area contributed by atoms with Crippen LogP contribution in [0.2, 0.25) is 0 Å². The third kappa shape index (κ3) is 6.76. The van der Waals surface area contributed by atoms with Crippen LogP contribution in [0.5, 0.6) is 0 Å². The molecule has 6 heteroatoms. The van der Waals surface area contributed by atoms with Crippen molar-refractivity contribution in [3.63, 3.8) is 0 Å². The fourth-order valence-corrected chi connectivity index (χ4v) is 3.73. The van der Waals surface area contributed by atoms with Gasteiger partial charge >= 0.3 is 5.97 Å². The van der Waals surface area contributed by atoms with E-state index in [2.05, 4.69) is 15.9 Å². The summed E-state index contributed by atoms with van der Waals surface area (Å²) in [7, 11) is 0. The van der Waals surface area contributed by atoms with Crippen LogP contribution in [0.25, 0.3) is 0 Å². The smallest absolute Gasteiger partial charge is 0.318 e. The van der Waals surface area contributed by atoms with Gasteiger partial charge in [-0.15, -0.1) is 12.3 Å². The number of rotatable bonds is 9. The predicted octanol–water partition coefficient (Wildman–Crippen LogP) is 5.58. The first-order valence-electron chi connectivity index (χ1n) is 10.2. The largest absolute Gasteiger partial charge is 0.331 e. The van der Waals surface area contributed by atoms with Gasteiger partial charge in [-0.1, -0.05) is 47.2 Å². The topological polar surface area (TPSA) is 72.8 Å². The number of Topliss-reactive ketones (excluding diaryl/α,β-unsaturated/α-hetero) is 1. The number of terminal acetylenes is 1. The van der Waals surface area contributed by atoms with E-state index in [9.17, 15) is 14.4 Å². The van der Waals surface area contributed by atoms with Crippen LogP contribution in [0, 0.1) is 12.3 Å². The molecule has 5 nitrogen and oxygen atoms in total. The fraction of sp³-hybridized carbons (Fsp3) is 0.111. The molecule has 0 aliphatic heterocycles. The van der Waals surface area contributed by atoms with Crippen molar-refractivity contribution in [3.8, 4) is 12.3 Å². The van der Waals surface area contributed by atoms with Crippen molar-refractivity contribution in [2.45, 2.75) is 29.6 Å². The second kappa shape index (κ2) is 11.6. The third-order valence-corrected chi connectivity index (χ3v) is 5.57. The molecule has 0 radical (unpaired) electrons. The molecule has 0 atom stereocenters. The summed E-state index contributed by atoms with van der Waals surface area (Å²) in [5, 5.41) is 3.66. The molecular weight excluding hydrogens is 434 g/mol. The minimum atomic E-state index is -0.607. The first-order chi connectivity index (χ1) is 16.0. The molecule has 0 unspecified atom stereocenters. The van der Waals surface area contributed by atoms with E-state index < -0.39 is 5.97 Å². The lowest BCUT2D eigenvalue weighted by molar-refractivity contribution is -0.140. The van der Waals surface area contributed by atoms with E-state index in [-0.39, 0.29) is 23.7 Å². The molecule has 0 saturated carbocycles. The van der Waals surface area contributed by atoms with E-state index in [4.69, 9.17) is 6.42 Å². The molecule has 0 aromatic heterocycles. The highest BCUT2D eigenvalue weighted by Crippen LogP contribution is 2.28. The van der Waals surface area contributed by atoms with E-state index in [0.717, 1.165) is 9.79 Å². The van der Waals surface area contributed by atoms with E-state index in [0.29, 0.717) is 23.1 Å². The SMILES string of the molecule is C#CCC/C(=N\OC(C)=O)C(=O)c1ccc(Sc2ccc(C(=O)c3ccccc3)cc2)cc1. The molecule has 0 amide bonds. The molecule has 0 heterocycles. The molecule has 3 rings (SSSR count). The number of hydrogen-bond donors (Lipinski definition) is 0. The van der Waals surface area contributed by atoms with Crippen molar-refractivity contribution < 1.29 is 19.2 Å². The van der Waals surface area contributed by atoms with E-state index in [1.54, 1.807) is 36.4 Å². The number of hydrogen-bond acceptors (Lipinski definition) is 6. The van der Waals surface area contributed by atoms with Gasteiger partial charge in [-0.25, -0.2) is 4.79 Å². The molecule has 0 spiro atoms. The highest BCUT2D eigenvalue weighted by molar-refractivity contribution is 7.99. The second-order valence-corrected chi connectivity index (χ2v) is 8.15. The molecular formula is C27H21NO4S. The van der Waals surface area contributed by atoms with Gasteiger partial charge in [-0.3, -0.25) is 9.59 Å². The van der Waals surface area contributed by atoms with Crippen molar-refractivity contribution in [2.75, 3.05) is 0 Å². The summed E-state index contributed by atoms with van der Waals surface area (Å²) in [6.45, 7) is 1.21. The standard InChI is InChI=1S/C27H21NO4S/c1-3-4-10-25(28-32-19(2)29)27(31)22-13-17-24(18-14-22)33-23-15-11-21(12-16-23)26(30)20-8-6-5-7-9-20/h1,5-9,11-18H,4,10H2,2H3/b28-25+. The molecule has 33 heavy (non-hydrogen) atoms. The molecule has 3 aromatic rings. The molecule has 0 aliphatic carbocycles. The maximum Gasteiger partial charge on any atom is 0.331 e. The van der Waals surface area contributed by atoms with Gasteiger partial charge in [0.1, 0.15) is 5.71 Å². The zero-order chi connectivity index (χ0) is 23.6. The molecule has 164 valence electrons. The Balaban J connectivity index is 1.68. The van der Waals surface area contributed by atoms with Crippen LogP contribution < -0.4 is 0 Å². The fourth-order valence-electron chi connectivity index (χ4n) is 2.92. The lowest BCUT2D eigenvalue weighted by Crippen LogP contribution is -2.15. The average Bonchev–Trinajstić information content (AvgIpc) is 2.84. The Morgan fingerprint density at radius 1 is 0.848 bits per heavy atom. The van der Waals surface area contributed by atoms with Crippen LogP contribution in [-0.4, -0.2) is 23.2 Å². The number of nitrogens with zero attached hydrogens (tertiary/aromatic N) is 1. The summed E-state index contributed by atoms with van der Waals surface area (Å²) >= 11 is 1.51. The van der Waals surface area contributed by atoms with Crippen LogP contribution in [0.3, 0.4) is 0 Å². The number of benzene rings is 3. The van der Waals surface area contributed by atoms with Gasteiger partial charge in [-0.2, -0.15) is 0 Å². The van der Waals surface area contributed by atoms with Gasteiger partial charge in [0.2, 0.25) is 5.78 Å². The summed E-state index contributed by atoms with van der Waals surface area (Å²) < 4.78 is 0. The Morgan fingerprint density at radius 2 is 1.39 bits per heavy atom. The Bertz CT molecular complexity index is 1210. The van der Waals surface area contributed by atoms with Crippen molar-refractivity contribution in [3.05, 3.63) is 95.6 Å². The minimum Gasteiger partial charge on any atom is -0.318 e. The Hall–Kier alpha value is -3.95. The number of carbonyl (C=O) groups excluding carboxylic acids is 3. The zero-order valence-electron chi connectivity index (χ0n) is 18.0. The lowest BCUT2D eigenvalue weighted by atomic mass is 10.0. The summed E-state index contributed by atoms with van der Waals surface area (Å²) in [6.07, 6.45) is 5.80. The monoisotopic (exact) mass is 455 g/mol. The summed E-state index contributed by atoms with van der Waals surface area (Å²) in [5.41, 5.74) is 1.79. The van der Waals surface area contributed by atoms with Crippen LogP contribution in [0.15, 0.2) is 93.8 Å². The van der Waals surface area contributed by atoms with Crippen molar-refractivity contribution in [2.24, 2.45) is 5.16 Å². The summed E-state index contributed by atoms with van der Waals surface area (Å²) in [5.74, 6) is 1.48. The van der Waals surface area contributed by atoms with Gasteiger partial charge < -0.3 is 4.84 Å². The Labute approximate surface area is 196 Å². The van der Waals surface area contributed by atoms with Gasteiger partial charge in [0.15, 0.2) is 5.78 Å². The van der Waals surface area contributed by atoms with E-state index in [1.807, 2.05) is 42.5 Å². The molecule has 3 aromatic carbocycles. The number of oxime groups is 1. The zero-order valence-corrected chi connectivity index (χ0v) is 18.8. The maximum atomic E-state index is 12.7. The molecule has 0 aliphatic rings. The Morgan fingerprint density at radius 3 is 1.94 bits per heavy atom. The van der Waals surface area contributed by atoms with Crippen LogP contribution in [-0.2, 0) is 9.63 Å².